The third-order valence-electron chi connectivity index (χ3n) is 4.84. The van der Waals surface area contributed by atoms with Crippen molar-refractivity contribution < 1.29 is 9.21 Å². The second-order valence-corrected chi connectivity index (χ2v) is 6.18. The Labute approximate surface area is 126 Å². The molecule has 5 heteroatoms. The van der Waals surface area contributed by atoms with Gasteiger partial charge in [0.15, 0.2) is 0 Å². The number of nitrogens with zero attached hydrogens (tertiary/aromatic N) is 2. The number of piperidine rings is 1. The van der Waals surface area contributed by atoms with E-state index >= 15 is 0 Å². The van der Waals surface area contributed by atoms with E-state index < -0.39 is 0 Å². The van der Waals surface area contributed by atoms with E-state index in [2.05, 4.69) is 4.90 Å². The number of amides is 1. The zero-order valence-electron chi connectivity index (χ0n) is 12.8. The average molecular weight is 291 g/mol. The Kier molecular flexibility index (Phi) is 4.31. The predicted molar refractivity (Wildman–Crippen MR) is 81.2 cm³/mol. The van der Waals surface area contributed by atoms with Gasteiger partial charge in [-0.2, -0.15) is 0 Å². The molecule has 3 heterocycles. The van der Waals surface area contributed by atoms with E-state index in [1.54, 1.807) is 12.3 Å². The van der Waals surface area contributed by atoms with E-state index in [-0.39, 0.29) is 5.91 Å². The highest BCUT2D eigenvalue weighted by atomic mass is 16.3. The van der Waals surface area contributed by atoms with Gasteiger partial charge in [0.1, 0.15) is 5.76 Å². The van der Waals surface area contributed by atoms with Crippen LogP contribution in [0.25, 0.3) is 0 Å². The number of furan rings is 1. The first-order valence-electron chi connectivity index (χ1n) is 8.04. The summed E-state index contributed by atoms with van der Waals surface area (Å²) >= 11 is 0. The van der Waals surface area contributed by atoms with Crippen LogP contribution in [0.4, 0.5) is 0 Å². The maximum atomic E-state index is 12.6. The van der Waals surface area contributed by atoms with Crippen LogP contribution in [0.15, 0.2) is 16.7 Å². The molecule has 1 aromatic rings. The van der Waals surface area contributed by atoms with Gasteiger partial charge in [-0.3, -0.25) is 9.69 Å². The van der Waals surface area contributed by atoms with Crippen LogP contribution in [0.2, 0.25) is 0 Å². The summed E-state index contributed by atoms with van der Waals surface area (Å²) in [4.78, 5) is 17.1. The minimum Gasteiger partial charge on any atom is -0.469 e. The molecule has 2 saturated heterocycles. The Morgan fingerprint density at radius 2 is 2.10 bits per heavy atom. The van der Waals surface area contributed by atoms with Gasteiger partial charge < -0.3 is 15.1 Å². The van der Waals surface area contributed by atoms with E-state index in [0.29, 0.717) is 12.1 Å². The number of hydrogen-bond donors (Lipinski definition) is 1. The molecule has 0 bridgehead atoms. The van der Waals surface area contributed by atoms with Crippen molar-refractivity contribution in [3.63, 3.8) is 0 Å². The molecule has 0 saturated carbocycles. The first-order valence-corrected chi connectivity index (χ1v) is 8.04. The van der Waals surface area contributed by atoms with E-state index in [1.807, 2.05) is 11.8 Å². The van der Waals surface area contributed by atoms with E-state index in [9.17, 15) is 4.79 Å². The van der Waals surface area contributed by atoms with Gasteiger partial charge in [-0.1, -0.05) is 6.92 Å². The molecule has 0 radical (unpaired) electrons. The molecule has 0 aromatic carbocycles. The summed E-state index contributed by atoms with van der Waals surface area (Å²) in [7, 11) is 0. The third kappa shape index (κ3) is 2.99. The molecule has 2 aliphatic heterocycles. The lowest BCUT2D eigenvalue weighted by Crippen LogP contribution is -2.46. The molecule has 2 fully saturated rings. The fourth-order valence-corrected chi connectivity index (χ4v) is 3.48. The van der Waals surface area contributed by atoms with Crippen molar-refractivity contribution >= 4 is 5.91 Å². The van der Waals surface area contributed by atoms with Crippen LogP contribution < -0.4 is 5.73 Å². The largest absolute Gasteiger partial charge is 0.469 e. The van der Waals surface area contributed by atoms with Gasteiger partial charge in [-0.05, 0) is 38.4 Å². The molecule has 1 atom stereocenters. The lowest BCUT2D eigenvalue weighted by Gasteiger charge is -2.34. The highest BCUT2D eigenvalue weighted by Crippen LogP contribution is 2.23. The van der Waals surface area contributed by atoms with Crippen molar-refractivity contribution in [2.45, 2.75) is 44.7 Å². The second kappa shape index (κ2) is 6.20. The van der Waals surface area contributed by atoms with Crippen LogP contribution in [0, 0.1) is 0 Å². The van der Waals surface area contributed by atoms with Crippen LogP contribution in [0.5, 0.6) is 0 Å². The lowest BCUT2D eigenvalue weighted by atomic mass is 10.0. The maximum Gasteiger partial charge on any atom is 0.257 e. The Bertz CT molecular complexity index is 491. The Hall–Kier alpha value is -1.33. The van der Waals surface area contributed by atoms with Crippen molar-refractivity contribution in [2.24, 2.45) is 5.73 Å². The summed E-state index contributed by atoms with van der Waals surface area (Å²) in [5, 5.41) is 0. The van der Waals surface area contributed by atoms with Crippen LogP contribution in [0.3, 0.4) is 0 Å². The van der Waals surface area contributed by atoms with Gasteiger partial charge in [0.25, 0.3) is 5.91 Å². The lowest BCUT2D eigenvalue weighted by molar-refractivity contribution is 0.0767. The summed E-state index contributed by atoms with van der Waals surface area (Å²) < 4.78 is 5.38. The summed E-state index contributed by atoms with van der Waals surface area (Å²) in [5.41, 5.74) is 6.70. The first kappa shape index (κ1) is 14.6. The van der Waals surface area contributed by atoms with Gasteiger partial charge in [0.05, 0.1) is 11.8 Å². The topological polar surface area (TPSA) is 62.7 Å². The molecule has 3 rings (SSSR count). The number of hydrogen-bond acceptors (Lipinski definition) is 4. The highest BCUT2D eigenvalue weighted by Gasteiger charge is 2.33. The van der Waals surface area contributed by atoms with E-state index in [1.165, 1.54) is 0 Å². The molecular formula is C16H25N3O2. The van der Waals surface area contributed by atoms with Crippen LogP contribution in [-0.2, 0) is 6.42 Å². The van der Waals surface area contributed by atoms with Gasteiger partial charge >= 0.3 is 0 Å². The molecule has 2 aliphatic rings. The van der Waals surface area contributed by atoms with Crippen molar-refractivity contribution in [2.75, 3.05) is 26.2 Å². The van der Waals surface area contributed by atoms with Gasteiger partial charge in [0, 0.05) is 31.6 Å². The molecule has 0 aliphatic carbocycles. The number of nitrogens with two attached hydrogens (primary N) is 1. The number of carbonyl (C=O) groups excluding carboxylic acids is 1. The average Bonchev–Trinajstić information content (AvgIpc) is 3.16. The number of rotatable bonds is 3. The Balaban J connectivity index is 1.60. The zero-order chi connectivity index (χ0) is 14.8. The zero-order valence-corrected chi connectivity index (χ0v) is 12.8. The summed E-state index contributed by atoms with van der Waals surface area (Å²) in [6.45, 7) is 5.84. The molecule has 1 unspecified atom stereocenters. The predicted octanol–water partition coefficient (Wildman–Crippen LogP) is 1.48. The summed E-state index contributed by atoms with van der Waals surface area (Å²) in [6, 6.07) is 2.66. The van der Waals surface area contributed by atoms with Crippen molar-refractivity contribution in [3.8, 4) is 0 Å². The maximum absolute atomic E-state index is 12.6. The monoisotopic (exact) mass is 291 g/mol. The summed E-state index contributed by atoms with van der Waals surface area (Å²) in [5.74, 6) is 0.921. The number of carbonyl (C=O) groups is 1. The van der Waals surface area contributed by atoms with Gasteiger partial charge in [-0.15, -0.1) is 0 Å². The van der Waals surface area contributed by atoms with E-state index in [4.69, 9.17) is 10.2 Å². The minimum atomic E-state index is 0.122. The third-order valence-corrected chi connectivity index (χ3v) is 4.84. The van der Waals surface area contributed by atoms with Crippen molar-refractivity contribution in [1.82, 2.24) is 9.80 Å². The second-order valence-electron chi connectivity index (χ2n) is 6.18. The smallest absolute Gasteiger partial charge is 0.257 e. The first-order chi connectivity index (χ1) is 10.2. The molecule has 21 heavy (non-hydrogen) atoms. The van der Waals surface area contributed by atoms with Crippen LogP contribution in [0.1, 0.15) is 42.3 Å². The molecule has 5 nitrogen and oxygen atoms in total. The molecular weight excluding hydrogens is 266 g/mol. The van der Waals surface area contributed by atoms with E-state index in [0.717, 1.165) is 63.2 Å². The van der Waals surface area contributed by atoms with Crippen molar-refractivity contribution in [1.29, 1.82) is 0 Å². The van der Waals surface area contributed by atoms with Crippen LogP contribution in [-0.4, -0.2) is 54.0 Å². The van der Waals surface area contributed by atoms with Crippen molar-refractivity contribution in [3.05, 3.63) is 23.7 Å². The quantitative estimate of drug-likeness (QED) is 0.916. The molecule has 1 aromatic heterocycles. The molecule has 0 spiro atoms. The van der Waals surface area contributed by atoms with Gasteiger partial charge in [-0.25, -0.2) is 0 Å². The summed E-state index contributed by atoms with van der Waals surface area (Å²) in [6.07, 6.45) is 5.60. The standard InChI is InChI=1S/C16H25N3O2/c1-2-15-14(6-10-21-15)16(20)19-9-5-13(11-19)18-7-3-12(17)4-8-18/h6,10,12-13H,2-5,7-9,11,17H2,1H3. The molecule has 116 valence electrons. The highest BCUT2D eigenvalue weighted by molar-refractivity contribution is 5.95. The minimum absolute atomic E-state index is 0.122. The van der Waals surface area contributed by atoms with Gasteiger partial charge in [0.2, 0.25) is 0 Å². The SMILES string of the molecule is CCc1occc1C(=O)N1CCC(N2CCC(N)CC2)C1. The normalized spacial score (nSPS) is 24.7. The molecule has 1 amide bonds. The van der Waals surface area contributed by atoms with Crippen LogP contribution >= 0.6 is 0 Å². The fourth-order valence-electron chi connectivity index (χ4n) is 3.48. The molecule has 2 N–H and O–H groups in total. The number of aryl methyl sites for hydroxylation is 1. The fraction of sp³-hybridized carbons (Fsp3) is 0.688. The number of likely N-dealkylation sites (tertiary alicyclic amines) is 2. The Morgan fingerprint density at radius 1 is 1.33 bits per heavy atom. The Morgan fingerprint density at radius 3 is 2.81 bits per heavy atom.